The first-order chi connectivity index (χ1) is 7.70. The van der Waals surface area contributed by atoms with Crippen molar-refractivity contribution in [2.75, 3.05) is 6.26 Å². The molecule has 0 aliphatic heterocycles. The number of hydrogen-bond donors (Lipinski definition) is 1. The molecule has 0 saturated heterocycles. The molecule has 0 radical (unpaired) electrons. The van der Waals surface area contributed by atoms with Crippen LogP contribution in [0.1, 0.15) is 47.9 Å². The summed E-state index contributed by atoms with van der Waals surface area (Å²) in [6.07, 6.45) is 6.55. The third-order valence-corrected chi connectivity index (χ3v) is 3.52. The molecule has 0 spiro atoms. The first-order valence-electron chi connectivity index (χ1n) is 5.37. The maximum atomic E-state index is 10.9. The van der Waals surface area contributed by atoms with Crippen LogP contribution in [0.2, 0.25) is 0 Å². The zero-order valence-corrected chi connectivity index (χ0v) is 9.96. The van der Waals surface area contributed by atoms with E-state index < -0.39 is 5.97 Å². The summed E-state index contributed by atoms with van der Waals surface area (Å²) in [6, 6.07) is 1.92. The molecule has 2 rings (SSSR count). The molecule has 1 aliphatic carbocycles. The lowest BCUT2D eigenvalue weighted by atomic mass is 10.0. The van der Waals surface area contributed by atoms with Crippen molar-refractivity contribution in [3.05, 3.63) is 17.6 Å². The van der Waals surface area contributed by atoms with Crippen molar-refractivity contribution in [2.45, 2.75) is 36.6 Å². The van der Waals surface area contributed by atoms with E-state index in [0.717, 1.165) is 23.6 Å². The number of hydrogen-bond acceptors (Lipinski definition) is 4. The molecule has 5 heteroatoms. The highest BCUT2D eigenvalue weighted by Crippen LogP contribution is 2.33. The standard InChI is InChI=1S/C11H14N2O2S/c1-16-9-6-8(7-4-2-3-5-7)12-10(13-9)11(14)15/h6-7H,2-5H2,1H3,(H,14,15). The highest BCUT2D eigenvalue weighted by Gasteiger charge is 2.21. The number of carboxylic acids is 1. The van der Waals surface area contributed by atoms with Gasteiger partial charge in [0, 0.05) is 11.6 Å². The van der Waals surface area contributed by atoms with Crippen molar-refractivity contribution in [3.63, 3.8) is 0 Å². The van der Waals surface area contributed by atoms with Crippen LogP contribution < -0.4 is 0 Å². The van der Waals surface area contributed by atoms with Crippen LogP contribution in [0.15, 0.2) is 11.1 Å². The number of aromatic nitrogens is 2. The Morgan fingerprint density at radius 2 is 2.12 bits per heavy atom. The molecular formula is C11H14N2O2S. The van der Waals surface area contributed by atoms with Crippen LogP contribution in [-0.2, 0) is 0 Å². The van der Waals surface area contributed by atoms with Gasteiger partial charge in [-0.1, -0.05) is 12.8 Å². The van der Waals surface area contributed by atoms with E-state index in [2.05, 4.69) is 9.97 Å². The lowest BCUT2D eigenvalue weighted by Gasteiger charge is -2.09. The molecule has 1 aromatic rings. The van der Waals surface area contributed by atoms with Crippen molar-refractivity contribution < 1.29 is 9.90 Å². The Balaban J connectivity index is 2.35. The minimum atomic E-state index is -1.05. The molecule has 0 bridgehead atoms. The molecule has 1 N–H and O–H groups in total. The monoisotopic (exact) mass is 238 g/mol. The third-order valence-electron chi connectivity index (χ3n) is 2.90. The Kier molecular flexibility index (Phi) is 3.43. The van der Waals surface area contributed by atoms with Crippen molar-refractivity contribution in [1.82, 2.24) is 9.97 Å². The van der Waals surface area contributed by atoms with E-state index in [0.29, 0.717) is 5.92 Å². The molecule has 1 aromatic heterocycles. The molecular weight excluding hydrogens is 224 g/mol. The van der Waals surface area contributed by atoms with Gasteiger partial charge in [0.25, 0.3) is 0 Å². The summed E-state index contributed by atoms with van der Waals surface area (Å²) in [7, 11) is 0. The third kappa shape index (κ3) is 2.35. The predicted octanol–water partition coefficient (Wildman–Crippen LogP) is 2.55. The van der Waals surface area contributed by atoms with E-state index in [1.807, 2.05) is 12.3 Å². The maximum Gasteiger partial charge on any atom is 0.373 e. The van der Waals surface area contributed by atoms with Crippen LogP contribution in [-0.4, -0.2) is 27.3 Å². The van der Waals surface area contributed by atoms with Gasteiger partial charge in [0.1, 0.15) is 5.03 Å². The van der Waals surface area contributed by atoms with Crippen LogP contribution in [0.25, 0.3) is 0 Å². The number of aromatic carboxylic acids is 1. The molecule has 86 valence electrons. The summed E-state index contributed by atoms with van der Waals surface area (Å²) in [5.41, 5.74) is 0.897. The lowest BCUT2D eigenvalue weighted by Crippen LogP contribution is -2.09. The van der Waals surface area contributed by atoms with Gasteiger partial charge >= 0.3 is 5.97 Å². The molecule has 1 aliphatic rings. The first-order valence-corrected chi connectivity index (χ1v) is 6.59. The molecule has 1 heterocycles. The van der Waals surface area contributed by atoms with E-state index in [9.17, 15) is 4.79 Å². The van der Waals surface area contributed by atoms with Gasteiger partial charge in [-0.05, 0) is 25.2 Å². The average molecular weight is 238 g/mol. The Morgan fingerprint density at radius 1 is 1.44 bits per heavy atom. The second-order valence-electron chi connectivity index (χ2n) is 3.95. The summed E-state index contributed by atoms with van der Waals surface area (Å²) in [5, 5.41) is 9.68. The number of thioether (sulfide) groups is 1. The fourth-order valence-corrected chi connectivity index (χ4v) is 2.49. The predicted molar refractivity (Wildman–Crippen MR) is 62.0 cm³/mol. The molecule has 16 heavy (non-hydrogen) atoms. The van der Waals surface area contributed by atoms with Crippen LogP contribution in [0.3, 0.4) is 0 Å². The van der Waals surface area contributed by atoms with E-state index in [4.69, 9.17) is 5.11 Å². The fourth-order valence-electron chi connectivity index (χ4n) is 2.07. The topological polar surface area (TPSA) is 63.1 Å². The zero-order valence-electron chi connectivity index (χ0n) is 9.14. The Labute approximate surface area is 98.5 Å². The van der Waals surface area contributed by atoms with Crippen molar-refractivity contribution >= 4 is 17.7 Å². The zero-order chi connectivity index (χ0) is 11.5. The van der Waals surface area contributed by atoms with Crippen molar-refractivity contribution in [3.8, 4) is 0 Å². The van der Waals surface area contributed by atoms with Crippen LogP contribution in [0.4, 0.5) is 0 Å². The van der Waals surface area contributed by atoms with Crippen LogP contribution in [0, 0.1) is 0 Å². The maximum absolute atomic E-state index is 10.9. The molecule has 0 atom stereocenters. The summed E-state index contributed by atoms with van der Waals surface area (Å²) in [4.78, 5) is 19.0. The van der Waals surface area contributed by atoms with Gasteiger partial charge in [0.2, 0.25) is 5.82 Å². The SMILES string of the molecule is CSc1cc(C2CCCC2)nc(C(=O)O)n1. The average Bonchev–Trinajstić information content (AvgIpc) is 2.81. The van der Waals surface area contributed by atoms with Crippen molar-refractivity contribution in [2.24, 2.45) is 0 Å². The number of rotatable bonds is 3. The Hall–Kier alpha value is -1.10. The quantitative estimate of drug-likeness (QED) is 0.647. The van der Waals surface area contributed by atoms with Crippen LogP contribution >= 0.6 is 11.8 Å². The minimum absolute atomic E-state index is 0.0752. The fraction of sp³-hybridized carbons (Fsp3) is 0.545. The molecule has 0 amide bonds. The van der Waals surface area contributed by atoms with Gasteiger partial charge in [-0.15, -0.1) is 11.8 Å². The number of carbonyl (C=O) groups is 1. The second-order valence-corrected chi connectivity index (χ2v) is 4.77. The highest BCUT2D eigenvalue weighted by molar-refractivity contribution is 7.98. The molecule has 1 fully saturated rings. The molecule has 0 aromatic carbocycles. The van der Waals surface area contributed by atoms with Crippen LogP contribution in [0.5, 0.6) is 0 Å². The summed E-state index contributed by atoms with van der Waals surface area (Å²) in [5.74, 6) is -0.698. The largest absolute Gasteiger partial charge is 0.475 e. The van der Waals surface area contributed by atoms with Gasteiger partial charge in [-0.25, -0.2) is 14.8 Å². The number of nitrogens with zero attached hydrogens (tertiary/aromatic N) is 2. The minimum Gasteiger partial charge on any atom is -0.475 e. The summed E-state index contributed by atoms with van der Waals surface area (Å²) < 4.78 is 0. The van der Waals surface area contributed by atoms with E-state index in [1.165, 1.54) is 24.6 Å². The van der Waals surface area contributed by atoms with Gasteiger partial charge in [0.15, 0.2) is 0 Å². The Morgan fingerprint density at radius 3 is 2.69 bits per heavy atom. The molecule has 1 saturated carbocycles. The summed E-state index contributed by atoms with van der Waals surface area (Å²) >= 11 is 1.46. The normalized spacial score (nSPS) is 16.6. The summed E-state index contributed by atoms with van der Waals surface area (Å²) in [6.45, 7) is 0. The smallest absolute Gasteiger partial charge is 0.373 e. The van der Waals surface area contributed by atoms with Crippen molar-refractivity contribution in [1.29, 1.82) is 0 Å². The van der Waals surface area contributed by atoms with Gasteiger partial charge < -0.3 is 5.11 Å². The number of carboxylic acid groups (broad SMARTS) is 1. The highest BCUT2D eigenvalue weighted by atomic mass is 32.2. The Bertz CT molecular complexity index is 403. The van der Waals surface area contributed by atoms with Gasteiger partial charge in [-0.3, -0.25) is 0 Å². The lowest BCUT2D eigenvalue weighted by molar-refractivity contribution is 0.0682. The molecule has 4 nitrogen and oxygen atoms in total. The van der Waals surface area contributed by atoms with E-state index >= 15 is 0 Å². The van der Waals surface area contributed by atoms with Gasteiger partial charge in [-0.2, -0.15) is 0 Å². The first kappa shape index (κ1) is 11.4. The van der Waals surface area contributed by atoms with E-state index in [1.54, 1.807) is 0 Å². The molecule has 0 unspecified atom stereocenters. The van der Waals surface area contributed by atoms with E-state index in [-0.39, 0.29) is 5.82 Å². The van der Waals surface area contributed by atoms with Gasteiger partial charge in [0.05, 0.1) is 0 Å². The second kappa shape index (κ2) is 4.82.